The molecule has 4 nitrogen and oxygen atoms in total. The molecule has 0 fully saturated rings. The zero-order chi connectivity index (χ0) is 14.6. The summed E-state index contributed by atoms with van der Waals surface area (Å²) in [5, 5.41) is 2.72. The van der Waals surface area contributed by atoms with Gasteiger partial charge in [-0.1, -0.05) is 37.5 Å². The van der Waals surface area contributed by atoms with Crippen LogP contribution < -0.4 is 11.1 Å². The molecule has 19 heavy (non-hydrogen) atoms. The van der Waals surface area contributed by atoms with Gasteiger partial charge in [-0.25, -0.2) is 0 Å². The van der Waals surface area contributed by atoms with Gasteiger partial charge in [0.25, 0.3) is 5.91 Å². The maximum absolute atomic E-state index is 12.2. The number of nitrogens with two attached hydrogens (primary N) is 1. The van der Waals surface area contributed by atoms with Gasteiger partial charge in [-0.3, -0.25) is 9.59 Å². The van der Waals surface area contributed by atoms with E-state index in [9.17, 15) is 9.59 Å². The number of hydrogen-bond donors (Lipinski definition) is 2. The topological polar surface area (TPSA) is 72.2 Å². The van der Waals surface area contributed by atoms with Gasteiger partial charge in [-0.15, -0.1) is 0 Å². The Kier molecular flexibility index (Phi) is 5.10. The molecule has 4 heteroatoms. The van der Waals surface area contributed by atoms with E-state index in [1.165, 1.54) is 0 Å². The van der Waals surface area contributed by atoms with Gasteiger partial charge >= 0.3 is 0 Å². The summed E-state index contributed by atoms with van der Waals surface area (Å²) in [4.78, 5) is 23.6. The minimum atomic E-state index is -0.627. The first kappa shape index (κ1) is 15.2. The molecule has 0 aliphatic heterocycles. The summed E-state index contributed by atoms with van der Waals surface area (Å²) in [6, 6.07) is 4.98. The van der Waals surface area contributed by atoms with E-state index in [1.54, 1.807) is 12.1 Å². The lowest BCUT2D eigenvalue weighted by molar-refractivity contribution is -0.120. The van der Waals surface area contributed by atoms with Crippen LogP contribution in [-0.4, -0.2) is 17.9 Å². The van der Waals surface area contributed by atoms with E-state index in [-0.39, 0.29) is 11.8 Å². The number of hydrogen-bond acceptors (Lipinski definition) is 2. The Labute approximate surface area is 114 Å². The molecule has 1 aromatic carbocycles. The van der Waals surface area contributed by atoms with Crippen LogP contribution in [0.25, 0.3) is 0 Å². The average Bonchev–Trinajstić information content (AvgIpc) is 2.33. The molecule has 0 saturated heterocycles. The first-order chi connectivity index (χ1) is 8.85. The molecule has 0 radical (unpaired) electrons. The van der Waals surface area contributed by atoms with E-state index in [2.05, 4.69) is 5.32 Å². The lowest BCUT2D eigenvalue weighted by Crippen LogP contribution is -2.48. The smallest absolute Gasteiger partial charge is 0.251 e. The van der Waals surface area contributed by atoms with Crippen molar-refractivity contribution < 1.29 is 9.59 Å². The first-order valence-corrected chi connectivity index (χ1v) is 6.53. The standard InChI is InChI=1S/C15H22N2O2/c1-5-11(4)13(14(16)18)17-15(19)12-7-9(2)6-10(3)8-12/h6-8,11,13H,5H2,1-4H3,(H2,16,18)(H,17,19)/t11-,13+/m0/s1. The molecule has 3 N–H and O–H groups in total. The van der Waals surface area contributed by atoms with E-state index in [1.807, 2.05) is 33.8 Å². The predicted octanol–water partition coefficient (Wildman–Crippen LogP) is 1.93. The molecule has 0 aromatic heterocycles. The normalized spacial score (nSPS) is 13.7. The van der Waals surface area contributed by atoms with Gasteiger partial charge < -0.3 is 11.1 Å². The average molecular weight is 262 g/mol. The summed E-state index contributed by atoms with van der Waals surface area (Å²) in [5.41, 5.74) is 7.94. The quantitative estimate of drug-likeness (QED) is 0.851. The second-order valence-electron chi connectivity index (χ2n) is 5.12. The fourth-order valence-electron chi connectivity index (χ4n) is 2.06. The van der Waals surface area contributed by atoms with Crippen LogP contribution in [0.4, 0.5) is 0 Å². The predicted molar refractivity (Wildman–Crippen MR) is 75.8 cm³/mol. The second-order valence-corrected chi connectivity index (χ2v) is 5.12. The highest BCUT2D eigenvalue weighted by Gasteiger charge is 2.24. The van der Waals surface area contributed by atoms with Gasteiger partial charge in [0, 0.05) is 5.56 Å². The lowest BCUT2D eigenvalue weighted by atomic mass is 9.98. The number of carbonyl (C=O) groups is 2. The molecule has 1 aromatic rings. The molecular formula is C15H22N2O2. The molecule has 2 amide bonds. The highest BCUT2D eigenvalue weighted by atomic mass is 16.2. The van der Waals surface area contributed by atoms with Crippen LogP contribution in [0.5, 0.6) is 0 Å². The van der Waals surface area contributed by atoms with E-state index in [0.29, 0.717) is 5.56 Å². The van der Waals surface area contributed by atoms with Gasteiger partial charge in [-0.2, -0.15) is 0 Å². The molecule has 0 heterocycles. The fraction of sp³-hybridized carbons (Fsp3) is 0.467. The maximum Gasteiger partial charge on any atom is 0.251 e. The summed E-state index contributed by atoms with van der Waals surface area (Å²) in [7, 11) is 0. The number of benzene rings is 1. The Morgan fingerprint density at radius 1 is 1.21 bits per heavy atom. The van der Waals surface area contributed by atoms with E-state index < -0.39 is 11.9 Å². The third-order valence-electron chi connectivity index (χ3n) is 3.29. The molecule has 1 rings (SSSR count). The largest absolute Gasteiger partial charge is 0.368 e. The van der Waals surface area contributed by atoms with Gasteiger partial charge in [0.1, 0.15) is 6.04 Å². The minimum Gasteiger partial charge on any atom is -0.368 e. The van der Waals surface area contributed by atoms with Gasteiger partial charge in [-0.05, 0) is 31.9 Å². The Bertz CT molecular complexity index is 463. The molecule has 0 aliphatic rings. The number of primary amides is 1. The molecule has 0 spiro atoms. The Balaban J connectivity index is 2.90. The van der Waals surface area contributed by atoms with Crippen LogP contribution in [0, 0.1) is 19.8 Å². The monoisotopic (exact) mass is 262 g/mol. The number of amides is 2. The third kappa shape index (κ3) is 4.09. The fourth-order valence-corrected chi connectivity index (χ4v) is 2.06. The molecule has 0 unspecified atom stereocenters. The van der Waals surface area contributed by atoms with Gasteiger partial charge in [0.2, 0.25) is 5.91 Å². The van der Waals surface area contributed by atoms with Crippen LogP contribution in [0.1, 0.15) is 41.8 Å². The van der Waals surface area contributed by atoms with Crippen LogP contribution in [0.2, 0.25) is 0 Å². The summed E-state index contributed by atoms with van der Waals surface area (Å²) in [6.07, 6.45) is 0.779. The van der Waals surface area contributed by atoms with Crippen molar-refractivity contribution in [1.82, 2.24) is 5.32 Å². The number of aryl methyl sites for hydroxylation is 2. The summed E-state index contributed by atoms with van der Waals surface area (Å²) < 4.78 is 0. The van der Waals surface area contributed by atoms with Crippen molar-refractivity contribution in [2.75, 3.05) is 0 Å². The SMILES string of the molecule is CC[C@H](C)[C@@H](NC(=O)c1cc(C)cc(C)c1)C(N)=O. The first-order valence-electron chi connectivity index (χ1n) is 6.53. The number of carbonyl (C=O) groups excluding carboxylic acids is 2. The highest BCUT2D eigenvalue weighted by Crippen LogP contribution is 2.11. The van der Waals surface area contributed by atoms with E-state index >= 15 is 0 Å². The molecule has 0 saturated carbocycles. The molecular weight excluding hydrogens is 240 g/mol. The van der Waals surface area contributed by atoms with Crippen LogP contribution >= 0.6 is 0 Å². The highest BCUT2D eigenvalue weighted by molar-refractivity contribution is 5.97. The zero-order valence-electron chi connectivity index (χ0n) is 12.0. The maximum atomic E-state index is 12.2. The molecule has 104 valence electrons. The van der Waals surface area contributed by atoms with Crippen molar-refractivity contribution in [3.05, 3.63) is 34.9 Å². The summed E-state index contributed by atoms with van der Waals surface area (Å²) in [5.74, 6) is -0.727. The summed E-state index contributed by atoms with van der Waals surface area (Å²) >= 11 is 0. The van der Waals surface area contributed by atoms with Crippen molar-refractivity contribution >= 4 is 11.8 Å². The van der Waals surface area contributed by atoms with Crippen molar-refractivity contribution in [3.8, 4) is 0 Å². The van der Waals surface area contributed by atoms with E-state index in [0.717, 1.165) is 17.5 Å². The van der Waals surface area contributed by atoms with Gasteiger partial charge in [0.15, 0.2) is 0 Å². The molecule has 0 bridgehead atoms. The van der Waals surface area contributed by atoms with Crippen LogP contribution in [0.15, 0.2) is 18.2 Å². The van der Waals surface area contributed by atoms with Gasteiger partial charge in [0.05, 0.1) is 0 Å². The van der Waals surface area contributed by atoms with Crippen LogP contribution in [0.3, 0.4) is 0 Å². The Morgan fingerprint density at radius 2 is 1.74 bits per heavy atom. The molecule has 2 atom stereocenters. The third-order valence-corrected chi connectivity index (χ3v) is 3.29. The zero-order valence-corrected chi connectivity index (χ0v) is 12.0. The summed E-state index contributed by atoms with van der Waals surface area (Å²) in [6.45, 7) is 7.73. The van der Waals surface area contributed by atoms with Crippen molar-refractivity contribution in [2.45, 2.75) is 40.2 Å². The van der Waals surface area contributed by atoms with E-state index in [4.69, 9.17) is 5.73 Å². The Hall–Kier alpha value is -1.84. The van der Waals surface area contributed by atoms with Crippen molar-refractivity contribution in [3.63, 3.8) is 0 Å². The van der Waals surface area contributed by atoms with Crippen molar-refractivity contribution in [2.24, 2.45) is 11.7 Å². The Morgan fingerprint density at radius 3 is 2.16 bits per heavy atom. The van der Waals surface area contributed by atoms with Crippen molar-refractivity contribution in [1.29, 1.82) is 0 Å². The number of rotatable bonds is 5. The minimum absolute atomic E-state index is 0.0207. The molecule has 0 aliphatic carbocycles. The lowest BCUT2D eigenvalue weighted by Gasteiger charge is -2.21. The van der Waals surface area contributed by atoms with Crippen LogP contribution in [-0.2, 0) is 4.79 Å². The number of nitrogens with one attached hydrogen (secondary N) is 1. The second kappa shape index (κ2) is 6.36.